The summed E-state index contributed by atoms with van der Waals surface area (Å²) in [6, 6.07) is 0.354. The van der Waals surface area contributed by atoms with Crippen LogP contribution in [0, 0.1) is 0 Å². The van der Waals surface area contributed by atoms with Gasteiger partial charge in [-0.2, -0.15) is 15.0 Å². The van der Waals surface area contributed by atoms with Gasteiger partial charge in [0.15, 0.2) is 0 Å². The maximum absolute atomic E-state index is 5.33. The van der Waals surface area contributed by atoms with Crippen LogP contribution in [0.4, 0.5) is 11.9 Å². The maximum atomic E-state index is 5.33. The summed E-state index contributed by atoms with van der Waals surface area (Å²) in [6.07, 6.45) is 3.98. The second kappa shape index (κ2) is 7.84. The highest BCUT2D eigenvalue weighted by molar-refractivity contribution is 5.35. The van der Waals surface area contributed by atoms with Crippen LogP contribution in [0.2, 0.25) is 0 Å². The van der Waals surface area contributed by atoms with E-state index in [2.05, 4.69) is 30.5 Å². The fourth-order valence-corrected chi connectivity index (χ4v) is 2.25. The van der Waals surface area contributed by atoms with Crippen LogP contribution in [-0.4, -0.2) is 59.7 Å². The summed E-state index contributed by atoms with van der Waals surface area (Å²) in [5, 5.41) is 6.15. The minimum atomic E-state index is 0.354. The van der Waals surface area contributed by atoms with E-state index in [0.29, 0.717) is 24.5 Å². The summed E-state index contributed by atoms with van der Waals surface area (Å²) in [6.45, 7) is 6.70. The molecule has 0 atom stereocenters. The highest BCUT2D eigenvalue weighted by atomic mass is 16.5. The van der Waals surface area contributed by atoms with E-state index in [1.807, 2.05) is 6.92 Å². The number of likely N-dealkylation sites (tertiary alicyclic amines) is 1. The third-order valence-corrected chi connectivity index (χ3v) is 3.27. The van der Waals surface area contributed by atoms with E-state index in [4.69, 9.17) is 4.74 Å². The van der Waals surface area contributed by atoms with Crippen molar-refractivity contribution in [2.45, 2.75) is 26.2 Å². The number of aromatic nitrogens is 3. The van der Waals surface area contributed by atoms with Crippen LogP contribution in [0.25, 0.3) is 0 Å². The molecular weight excluding hydrogens is 256 g/mol. The average molecular weight is 280 g/mol. The number of piperidine rings is 1. The first-order valence-corrected chi connectivity index (χ1v) is 7.34. The first kappa shape index (κ1) is 14.8. The summed E-state index contributed by atoms with van der Waals surface area (Å²) in [5.74, 6) is 1.08. The largest absolute Gasteiger partial charge is 0.464 e. The zero-order chi connectivity index (χ0) is 14.2. The van der Waals surface area contributed by atoms with Gasteiger partial charge in [0, 0.05) is 20.1 Å². The molecule has 0 radical (unpaired) electrons. The Balaban J connectivity index is 1.85. The van der Waals surface area contributed by atoms with Gasteiger partial charge in [0.1, 0.15) is 0 Å². The van der Waals surface area contributed by atoms with E-state index in [1.165, 1.54) is 32.4 Å². The molecule has 0 saturated carbocycles. The second-order valence-electron chi connectivity index (χ2n) is 4.78. The predicted octanol–water partition coefficient (Wildman–Crippen LogP) is 1.21. The van der Waals surface area contributed by atoms with Crippen molar-refractivity contribution in [3.8, 4) is 6.01 Å². The molecule has 1 saturated heterocycles. The van der Waals surface area contributed by atoms with Gasteiger partial charge >= 0.3 is 6.01 Å². The molecule has 2 heterocycles. The molecule has 1 aromatic heterocycles. The summed E-state index contributed by atoms with van der Waals surface area (Å²) in [4.78, 5) is 15.1. The van der Waals surface area contributed by atoms with Crippen molar-refractivity contribution < 1.29 is 4.74 Å². The number of nitrogens with one attached hydrogen (secondary N) is 2. The van der Waals surface area contributed by atoms with E-state index < -0.39 is 0 Å². The van der Waals surface area contributed by atoms with E-state index in [0.717, 1.165) is 13.1 Å². The van der Waals surface area contributed by atoms with Crippen LogP contribution in [0.5, 0.6) is 6.01 Å². The summed E-state index contributed by atoms with van der Waals surface area (Å²) in [7, 11) is 1.78. The number of nitrogens with zero attached hydrogens (tertiary/aromatic N) is 4. The van der Waals surface area contributed by atoms with Gasteiger partial charge in [0.25, 0.3) is 0 Å². The minimum Gasteiger partial charge on any atom is -0.464 e. The lowest BCUT2D eigenvalue weighted by Gasteiger charge is -2.26. The molecule has 1 fully saturated rings. The number of anilines is 2. The first-order chi connectivity index (χ1) is 9.81. The second-order valence-corrected chi connectivity index (χ2v) is 4.78. The smallest absolute Gasteiger partial charge is 0.323 e. The molecule has 1 aliphatic heterocycles. The van der Waals surface area contributed by atoms with Crippen LogP contribution < -0.4 is 15.4 Å². The average Bonchev–Trinajstić information content (AvgIpc) is 2.48. The number of hydrogen-bond acceptors (Lipinski definition) is 7. The van der Waals surface area contributed by atoms with Gasteiger partial charge in [0.2, 0.25) is 11.9 Å². The molecule has 2 N–H and O–H groups in total. The lowest BCUT2D eigenvalue weighted by atomic mass is 10.1. The van der Waals surface area contributed by atoms with Gasteiger partial charge in [-0.15, -0.1) is 0 Å². The number of hydrogen-bond donors (Lipinski definition) is 2. The lowest BCUT2D eigenvalue weighted by molar-refractivity contribution is 0.237. The molecular formula is C13H24N6O. The van der Waals surface area contributed by atoms with Crippen LogP contribution >= 0.6 is 0 Å². The Morgan fingerprint density at radius 3 is 2.55 bits per heavy atom. The predicted molar refractivity (Wildman–Crippen MR) is 79.3 cm³/mol. The molecule has 1 aromatic rings. The lowest BCUT2D eigenvalue weighted by Crippen LogP contribution is -2.33. The Morgan fingerprint density at radius 1 is 1.10 bits per heavy atom. The Bertz CT molecular complexity index is 408. The molecule has 7 nitrogen and oxygen atoms in total. The molecule has 2 rings (SSSR count). The number of rotatable bonds is 7. The Labute approximate surface area is 120 Å². The molecule has 0 amide bonds. The molecule has 7 heteroatoms. The third kappa shape index (κ3) is 4.48. The first-order valence-electron chi connectivity index (χ1n) is 7.34. The zero-order valence-electron chi connectivity index (χ0n) is 12.4. The van der Waals surface area contributed by atoms with Gasteiger partial charge < -0.3 is 20.3 Å². The number of ether oxygens (including phenoxy) is 1. The third-order valence-electron chi connectivity index (χ3n) is 3.27. The normalized spacial score (nSPS) is 15.9. The summed E-state index contributed by atoms with van der Waals surface area (Å²) >= 11 is 0. The summed E-state index contributed by atoms with van der Waals surface area (Å²) < 4.78 is 5.33. The van der Waals surface area contributed by atoms with Crippen LogP contribution in [0.1, 0.15) is 26.2 Å². The fourth-order valence-electron chi connectivity index (χ4n) is 2.25. The summed E-state index contributed by atoms with van der Waals surface area (Å²) in [5.41, 5.74) is 0. The molecule has 0 aliphatic carbocycles. The highest BCUT2D eigenvalue weighted by Gasteiger charge is 2.10. The van der Waals surface area contributed by atoms with Crippen LogP contribution in [0.3, 0.4) is 0 Å². The Hall–Kier alpha value is -1.63. The molecule has 112 valence electrons. The van der Waals surface area contributed by atoms with Crippen LogP contribution in [0.15, 0.2) is 0 Å². The highest BCUT2D eigenvalue weighted by Crippen LogP contribution is 2.11. The van der Waals surface area contributed by atoms with Crippen molar-refractivity contribution >= 4 is 11.9 Å². The molecule has 20 heavy (non-hydrogen) atoms. The van der Waals surface area contributed by atoms with Crippen molar-refractivity contribution in [1.29, 1.82) is 0 Å². The van der Waals surface area contributed by atoms with Crippen molar-refractivity contribution in [3.63, 3.8) is 0 Å². The minimum absolute atomic E-state index is 0.354. The van der Waals surface area contributed by atoms with E-state index in [9.17, 15) is 0 Å². The van der Waals surface area contributed by atoms with E-state index in [-0.39, 0.29) is 0 Å². The Morgan fingerprint density at radius 2 is 1.85 bits per heavy atom. The molecule has 1 aliphatic rings. The SMILES string of the molecule is CCOc1nc(NC)nc(NCCN2CCCCC2)n1. The van der Waals surface area contributed by atoms with Crippen molar-refractivity contribution in [2.75, 3.05) is 50.5 Å². The van der Waals surface area contributed by atoms with Gasteiger partial charge in [-0.05, 0) is 32.9 Å². The van der Waals surface area contributed by atoms with Crippen molar-refractivity contribution in [2.24, 2.45) is 0 Å². The van der Waals surface area contributed by atoms with Gasteiger partial charge in [-0.25, -0.2) is 0 Å². The standard InChI is InChI=1S/C13H24N6O/c1-3-20-13-17-11(14-2)16-12(18-13)15-7-10-19-8-5-4-6-9-19/h3-10H2,1-2H3,(H2,14,15,16,17,18). The van der Waals surface area contributed by atoms with Crippen molar-refractivity contribution in [3.05, 3.63) is 0 Å². The van der Waals surface area contributed by atoms with Gasteiger partial charge in [0.05, 0.1) is 6.61 Å². The maximum Gasteiger partial charge on any atom is 0.323 e. The van der Waals surface area contributed by atoms with E-state index >= 15 is 0 Å². The fraction of sp³-hybridized carbons (Fsp3) is 0.769. The Kier molecular flexibility index (Phi) is 5.79. The molecule has 0 bridgehead atoms. The van der Waals surface area contributed by atoms with Gasteiger partial charge in [-0.3, -0.25) is 0 Å². The van der Waals surface area contributed by atoms with Crippen LogP contribution in [-0.2, 0) is 0 Å². The van der Waals surface area contributed by atoms with E-state index in [1.54, 1.807) is 7.05 Å². The quantitative estimate of drug-likeness (QED) is 0.777. The van der Waals surface area contributed by atoms with Crippen molar-refractivity contribution in [1.82, 2.24) is 19.9 Å². The molecule has 0 aromatic carbocycles. The molecule has 0 unspecified atom stereocenters. The molecule has 0 spiro atoms. The monoisotopic (exact) mass is 280 g/mol. The topological polar surface area (TPSA) is 75.2 Å². The van der Waals surface area contributed by atoms with Gasteiger partial charge in [-0.1, -0.05) is 6.42 Å². The zero-order valence-corrected chi connectivity index (χ0v) is 12.4.